The predicted molar refractivity (Wildman–Crippen MR) is 66.6 cm³/mol. The highest BCUT2D eigenvalue weighted by atomic mass is 19.2. The molecule has 0 saturated carbocycles. The standard InChI is InChI=1S/C12H13F3N4/c1-3-19-12(11(16)6(2)18-19)17-9-5-7(13)4-8(14)10(9)15/h4-5,17H,3,16H2,1-2H3. The van der Waals surface area contributed by atoms with Crippen LogP contribution in [0.25, 0.3) is 0 Å². The predicted octanol–water partition coefficient (Wildman–Crippen LogP) is 2.95. The van der Waals surface area contributed by atoms with Gasteiger partial charge >= 0.3 is 0 Å². The van der Waals surface area contributed by atoms with E-state index >= 15 is 0 Å². The van der Waals surface area contributed by atoms with Crippen LogP contribution in [0.4, 0.5) is 30.4 Å². The van der Waals surface area contributed by atoms with E-state index in [9.17, 15) is 13.2 Å². The first kappa shape index (κ1) is 13.3. The van der Waals surface area contributed by atoms with E-state index in [0.717, 1.165) is 6.07 Å². The summed E-state index contributed by atoms with van der Waals surface area (Å²) >= 11 is 0. The van der Waals surface area contributed by atoms with Crippen LogP contribution in [0.3, 0.4) is 0 Å². The molecular weight excluding hydrogens is 257 g/mol. The number of rotatable bonds is 3. The quantitative estimate of drug-likeness (QED) is 0.843. The smallest absolute Gasteiger partial charge is 0.182 e. The molecule has 1 aromatic carbocycles. The molecule has 19 heavy (non-hydrogen) atoms. The molecule has 0 unspecified atom stereocenters. The molecule has 0 fully saturated rings. The normalized spacial score (nSPS) is 10.8. The summed E-state index contributed by atoms with van der Waals surface area (Å²) in [6.45, 7) is 3.99. The van der Waals surface area contributed by atoms with Gasteiger partial charge in [0.15, 0.2) is 17.5 Å². The fourth-order valence-corrected chi connectivity index (χ4v) is 1.73. The van der Waals surface area contributed by atoms with E-state index in [4.69, 9.17) is 5.73 Å². The Hall–Kier alpha value is -2.18. The second kappa shape index (κ2) is 4.83. The molecule has 0 amide bonds. The first-order valence-electron chi connectivity index (χ1n) is 5.68. The average molecular weight is 270 g/mol. The lowest BCUT2D eigenvalue weighted by molar-refractivity contribution is 0.498. The molecule has 0 bridgehead atoms. The zero-order valence-corrected chi connectivity index (χ0v) is 10.5. The first-order valence-corrected chi connectivity index (χ1v) is 5.68. The van der Waals surface area contributed by atoms with Crippen molar-refractivity contribution in [3.05, 3.63) is 35.3 Å². The number of hydrogen-bond acceptors (Lipinski definition) is 3. The zero-order valence-electron chi connectivity index (χ0n) is 10.5. The number of nitrogens with zero attached hydrogens (tertiary/aromatic N) is 2. The van der Waals surface area contributed by atoms with E-state index in [1.165, 1.54) is 4.68 Å². The zero-order chi connectivity index (χ0) is 14.2. The number of halogens is 3. The number of anilines is 3. The summed E-state index contributed by atoms with van der Waals surface area (Å²) in [6, 6.07) is 1.34. The van der Waals surface area contributed by atoms with Crippen molar-refractivity contribution < 1.29 is 13.2 Å². The highest BCUT2D eigenvalue weighted by molar-refractivity contribution is 5.71. The average Bonchev–Trinajstić information content (AvgIpc) is 2.63. The third kappa shape index (κ3) is 2.35. The van der Waals surface area contributed by atoms with Gasteiger partial charge < -0.3 is 11.1 Å². The molecule has 0 aliphatic rings. The Balaban J connectivity index is 2.47. The molecule has 7 heteroatoms. The third-order valence-electron chi connectivity index (χ3n) is 2.72. The summed E-state index contributed by atoms with van der Waals surface area (Å²) in [5.74, 6) is -2.99. The maximum atomic E-state index is 13.6. The Kier molecular flexibility index (Phi) is 3.37. The van der Waals surface area contributed by atoms with Gasteiger partial charge in [-0.25, -0.2) is 17.9 Å². The van der Waals surface area contributed by atoms with Crippen molar-refractivity contribution in [1.29, 1.82) is 0 Å². The summed E-state index contributed by atoms with van der Waals surface area (Å²) in [5.41, 5.74) is 6.34. The van der Waals surface area contributed by atoms with Crippen molar-refractivity contribution >= 4 is 17.2 Å². The number of nitrogens with one attached hydrogen (secondary N) is 1. The number of nitrogen functional groups attached to an aromatic ring is 1. The van der Waals surface area contributed by atoms with Gasteiger partial charge in [-0.15, -0.1) is 0 Å². The Morgan fingerprint density at radius 3 is 2.63 bits per heavy atom. The number of benzene rings is 1. The van der Waals surface area contributed by atoms with E-state index < -0.39 is 17.5 Å². The van der Waals surface area contributed by atoms with Crippen LogP contribution in [-0.2, 0) is 6.54 Å². The van der Waals surface area contributed by atoms with Gasteiger partial charge in [0.25, 0.3) is 0 Å². The molecule has 4 nitrogen and oxygen atoms in total. The highest BCUT2D eigenvalue weighted by Crippen LogP contribution is 2.28. The monoisotopic (exact) mass is 270 g/mol. The maximum Gasteiger partial charge on any atom is 0.182 e. The van der Waals surface area contributed by atoms with Gasteiger partial charge in [-0.1, -0.05) is 0 Å². The lowest BCUT2D eigenvalue weighted by atomic mass is 10.2. The van der Waals surface area contributed by atoms with E-state index in [0.29, 0.717) is 29.8 Å². The molecule has 0 atom stereocenters. The lowest BCUT2D eigenvalue weighted by Gasteiger charge is -2.10. The molecule has 0 aliphatic carbocycles. The molecule has 102 valence electrons. The van der Waals surface area contributed by atoms with Gasteiger partial charge in [0.1, 0.15) is 5.82 Å². The minimum atomic E-state index is -1.26. The van der Waals surface area contributed by atoms with Crippen LogP contribution in [0.1, 0.15) is 12.6 Å². The highest BCUT2D eigenvalue weighted by Gasteiger charge is 2.16. The first-order chi connectivity index (χ1) is 8.93. The minimum Gasteiger partial charge on any atom is -0.394 e. The van der Waals surface area contributed by atoms with Crippen LogP contribution >= 0.6 is 0 Å². The van der Waals surface area contributed by atoms with Crippen molar-refractivity contribution in [2.75, 3.05) is 11.1 Å². The van der Waals surface area contributed by atoms with Crippen LogP contribution in [0.15, 0.2) is 12.1 Å². The maximum absolute atomic E-state index is 13.6. The van der Waals surface area contributed by atoms with E-state index in [1.807, 2.05) is 6.92 Å². The molecule has 2 aromatic rings. The molecule has 1 heterocycles. The van der Waals surface area contributed by atoms with E-state index in [1.54, 1.807) is 6.92 Å². The summed E-state index contributed by atoms with van der Waals surface area (Å²) in [5, 5.41) is 6.70. The molecular formula is C12H13F3N4. The van der Waals surface area contributed by atoms with Gasteiger partial charge in [0, 0.05) is 18.7 Å². The Bertz CT molecular complexity index is 622. The van der Waals surface area contributed by atoms with Gasteiger partial charge in [-0.05, 0) is 13.8 Å². The van der Waals surface area contributed by atoms with Crippen LogP contribution in [-0.4, -0.2) is 9.78 Å². The number of aromatic nitrogens is 2. The number of nitrogens with two attached hydrogens (primary N) is 1. The molecule has 1 aromatic heterocycles. The minimum absolute atomic E-state index is 0.309. The Morgan fingerprint density at radius 2 is 2.00 bits per heavy atom. The summed E-state index contributed by atoms with van der Waals surface area (Å²) in [6.07, 6.45) is 0. The molecule has 0 spiro atoms. The molecule has 2 rings (SSSR count). The lowest BCUT2D eigenvalue weighted by Crippen LogP contribution is -2.06. The second-order valence-electron chi connectivity index (χ2n) is 4.04. The van der Waals surface area contributed by atoms with E-state index in [-0.39, 0.29) is 5.69 Å². The fraction of sp³-hybridized carbons (Fsp3) is 0.250. The summed E-state index contributed by atoms with van der Waals surface area (Å²) in [4.78, 5) is 0. The summed E-state index contributed by atoms with van der Waals surface area (Å²) < 4.78 is 41.3. The van der Waals surface area contributed by atoms with Crippen molar-refractivity contribution in [2.45, 2.75) is 20.4 Å². The molecule has 0 saturated heterocycles. The molecule has 0 aliphatic heterocycles. The topological polar surface area (TPSA) is 55.9 Å². The van der Waals surface area contributed by atoms with Gasteiger partial charge in [0.2, 0.25) is 0 Å². The number of aryl methyl sites for hydroxylation is 2. The van der Waals surface area contributed by atoms with Crippen molar-refractivity contribution in [3.8, 4) is 0 Å². The van der Waals surface area contributed by atoms with Crippen molar-refractivity contribution in [2.24, 2.45) is 0 Å². The van der Waals surface area contributed by atoms with Gasteiger partial charge in [0.05, 0.1) is 17.1 Å². The van der Waals surface area contributed by atoms with Crippen LogP contribution in [0, 0.1) is 24.4 Å². The fourth-order valence-electron chi connectivity index (χ4n) is 1.73. The molecule has 3 N–H and O–H groups in total. The van der Waals surface area contributed by atoms with Crippen LogP contribution in [0.2, 0.25) is 0 Å². The second-order valence-corrected chi connectivity index (χ2v) is 4.04. The van der Waals surface area contributed by atoms with Crippen molar-refractivity contribution in [3.63, 3.8) is 0 Å². The van der Waals surface area contributed by atoms with Crippen LogP contribution < -0.4 is 11.1 Å². The molecule has 0 radical (unpaired) electrons. The number of hydrogen-bond donors (Lipinski definition) is 2. The third-order valence-corrected chi connectivity index (χ3v) is 2.72. The SMILES string of the molecule is CCn1nc(C)c(N)c1Nc1cc(F)cc(F)c1F. The van der Waals surface area contributed by atoms with Crippen LogP contribution in [0.5, 0.6) is 0 Å². The largest absolute Gasteiger partial charge is 0.394 e. The van der Waals surface area contributed by atoms with E-state index in [2.05, 4.69) is 10.4 Å². The van der Waals surface area contributed by atoms with Gasteiger partial charge in [-0.2, -0.15) is 5.10 Å². The Labute approximate surface area is 108 Å². The van der Waals surface area contributed by atoms with Crippen molar-refractivity contribution in [1.82, 2.24) is 9.78 Å². The van der Waals surface area contributed by atoms with Gasteiger partial charge in [-0.3, -0.25) is 0 Å². The summed E-state index contributed by atoms with van der Waals surface area (Å²) in [7, 11) is 0. The Morgan fingerprint density at radius 1 is 1.32 bits per heavy atom.